The van der Waals surface area contributed by atoms with Crippen LogP contribution in [0.4, 0.5) is 0 Å². The van der Waals surface area contributed by atoms with Crippen LogP contribution in [0.3, 0.4) is 0 Å². The zero-order valence-electron chi connectivity index (χ0n) is 14.0. The normalized spacial score (nSPS) is 16.6. The molecule has 0 N–H and O–H groups in total. The van der Waals surface area contributed by atoms with E-state index in [0.717, 1.165) is 5.56 Å². The van der Waals surface area contributed by atoms with Gasteiger partial charge in [0.15, 0.2) is 0 Å². The zero-order chi connectivity index (χ0) is 17.0. The Kier molecular flexibility index (Phi) is 6.02. The van der Waals surface area contributed by atoms with E-state index in [2.05, 4.69) is 0 Å². The maximum Gasteiger partial charge on any atom is 0.239 e. The number of hydrogen-bond acceptors (Lipinski definition) is 3. The Morgan fingerprint density at radius 1 is 1.13 bits per heavy atom. The van der Waals surface area contributed by atoms with Gasteiger partial charge in [0.1, 0.15) is 0 Å². The fourth-order valence-electron chi connectivity index (χ4n) is 2.71. The smallest absolute Gasteiger partial charge is 0.239 e. The lowest BCUT2D eigenvalue weighted by Gasteiger charge is -2.37. The maximum atomic E-state index is 12.6. The number of rotatable bonds is 4. The van der Waals surface area contributed by atoms with Crippen molar-refractivity contribution in [3.05, 3.63) is 34.9 Å². The Labute approximate surface area is 142 Å². The second-order valence-corrected chi connectivity index (χ2v) is 6.49. The number of hydrogen-bond donors (Lipinski definition) is 0. The number of amides is 2. The lowest BCUT2D eigenvalue weighted by Crippen LogP contribution is -2.54. The van der Waals surface area contributed by atoms with Crippen LogP contribution in [0.2, 0.25) is 5.02 Å². The van der Waals surface area contributed by atoms with E-state index in [9.17, 15) is 9.59 Å². The Hall–Kier alpha value is -1.59. The molecule has 1 aromatic rings. The maximum absolute atomic E-state index is 12.6. The molecule has 0 saturated carbocycles. The molecule has 1 aliphatic heterocycles. The van der Waals surface area contributed by atoms with Gasteiger partial charge in [0, 0.05) is 44.7 Å². The fraction of sp³-hybridized carbons (Fsp3) is 0.529. The molecule has 1 unspecified atom stereocenters. The summed E-state index contributed by atoms with van der Waals surface area (Å²) in [6, 6.07) is 7.47. The third kappa shape index (κ3) is 4.69. The van der Waals surface area contributed by atoms with Gasteiger partial charge >= 0.3 is 0 Å². The van der Waals surface area contributed by atoms with Gasteiger partial charge in [-0.1, -0.05) is 23.7 Å². The molecule has 126 valence electrons. The van der Waals surface area contributed by atoms with Crippen molar-refractivity contribution < 1.29 is 9.59 Å². The van der Waals surface area contributed by atoms with Gasteiger partial charge in [0.2, 0.25) is 11.8 Å². The number of carbonyl (C=O) groups is 2. The predicted molar refractivity (Wildman–Crippen MR) is 91.2 cm³/mol. The monoisotopic (exact) mass is 337 g/mol. The van der Waals surface area contributed by atoms with Crippen molar-refractivity contribution in [2.24, 2.45) is 0 Å². The molecular formula is C17H24ClN3O2. The summed E-state index contributed by atoms with van der Waals surface area (Å²) >= 11 is 5.89. The summed E-state index contributed by atoms with van der Waals surface area (Å²) in [6.07, 6.45) is 0. The molecule has 1 aliphatic rings. The second kappa shape index (κ2) is 7.79. The van der Waals surface area contributed by atoms with Gasteiger partial charge < -0.3 is 9.80 Å². The summed E-state index contributed by atoms with van der Waals surface area (Å²) in [5, 5.41) is 0.712. The van der Waals surface area contributed by atoms with Crippen LogP contribution in [0.15, 0.2) is 24.3 Å². The molecule has 23 heavy (non-hydrogen) atoms. The minimum absolute atomic E-state index is 0.0741. The minimum Gasteiger partial charge on any atom is -0.339 e. The highest BCUT2D eigenvalue weighted by Gasteiger charge is 2.27. The van der Waals surface area contributed by atoms with E-state index >= 15 is 0 Å². The Morgan fingerprint density at radius 3 is 2.17 bits per heavy atom. The van der Waals surface area contributed by atoms with Crippen molar-refractivity contribution in [2.45, 2.75) is 26.4 Å². The topological polar surface area (TPSA) is 43.9 Å². The third-order valence-electron chi connectivity index (χ3n) is 4.40. The lowest BCUT2D eigenvalue weighted by molar-refractivity contribution is -0.141. The Morgan fingerprint density at radius 2 is 1.65 bits per heavy atom. The van der Waals surface area contributed by atoms with Crippen molar-refractivity contribution in [3.8, 4) is 0 Å². The Balaban J connectivity index is 1.89. The van der Waals surface area contributed by atoms with E-state index in [-0.39, 0.29) is 17.9 Å². The van der Waals surface area contributed by atoms with Gasteiger partial charge in [-0.3, -0.25) is 14.5 Å². The van der Waals surface area contributed by atoms with E-state index in [4.69, 9.17) is 11.6 Å². The molecule has 1 fully saturated rings. The molecule has 0 bridgehead atoms. The highest BCUT2D eigenvalue weighted by Crippen LogP contribution is 2.13. The van der Waals surface area contributed by atoms with Crippen molar-refractivity contribution >= 4 is 23.4 Å². The average molecular weight is 338 g/mol. The van der Waals surface area contributed by atoms with Crippen molar-refractivity contribution in [3.63, 3.8) is 0 Å². The van der Waals surface area contributed by atoms with Gasteiger partial charge in [0.25, 0.3) is 0 Å². The summed E-state index contributed by atoms with van der Waals surface area (Å²) in [5.41, 5.74) is 1.12. The van der Waals surface area contributed by atoms with Gasteiger partial charge in [-0.25, -0.2) is 0 Å². The SMILES string of the molecule is CC(=O)N1CCN(C(=O)C(C)N(C)Cc2ccc(Cl)cc2)CC1. The predicted octanol–water partition coefficient (Wildman–Crippen LogP) is 1.85. The third-order valence-corrected chi connectivity index (χ3v) is 4.65. The highest BCUT2D eigenvalue weighted by atomic mass is 35.5. The number of benzene rings is 1. The fourth-order valence-corrected chi connectivity index (χ4v) is 2.84. The summed E-state index contributed by atoms with van der Waals surface area (Å²) in [7, 11) is 1.95. The molecule has 1 saturated heterocycles. The van der Waals surface area contributed by atoms with Gasteiger partial charge in [-0.05, 0) is 31.7 Å². The van der Waals surface area contributed by atoms with Crippen LogP contribution in [0.5, 0.6) is 0 Å². The van der Waals surface area contributed by atoms with Crippen molar-refractivity contribution in [1.82, 2.24) is 14.7 Å². The van der Waals surface area contributed by atoms with Crippen LogP contribution in [0.25, 0.3) is 0 Å². The lowest BCUT2D eigenvalue weighted by atomic mass is 10.1. The molecular weight excluding hydrogens is 314 g/mol. The second-order valence-electron chi connectivity index (χ2n) is 6.05. The van der Waals surface area contributed by atoms with Crippen LogP contribution < -0.4 is 0 Å². The van der Waals surface area contributed by atoms with Gasteiger partial charge in [-0.15, -0.1) is 0 Å². The Bertz CT molecular complexity index is 553. The molecule has 5 nitrogen and oxygen atoms in total. The first-order valence-corrected chi connectivity index (χ1v) is 8.25. The van der Waals surface area contributed by atoms with Crippen LogP contribution in [-0.2, 0) is 16.1 Å². The molecule has 1 atom stereocenters. The van der Waals surface area contributed by atoms with E-state index in [0.29, 0.717) is 37.7 Å². The first kappa shape index (κ1) is 17.8. The summed E-state index contributed by atoms with van der Waals surface area (Å²) in [5.74, 6) is 0.190. The number of likely N-dealkylation sites (N-methyl/N-ethyl adjacent to an activating group) is 1. The quantitative estimate of drug-likeness (QED) is 0.842. The number of halogens is 1. The molecule has 6 heteroatoms. The van der Waals surface area contributed by atoms with Crippen molar-refractivity contribution in [1.29, 1.82) is 0 Å². The molecule has 0 radical (unpaired) electrons. The van der Waals surface area contributed by atoms with Crippen LogP contribution >= 0.6 is 11.6 Å². The first-order valence-electron chi connectivity index (χ1n) is 7.87. The minimum atomic E-state index is -0.199. The largest absolute Gasteiger partial charge is 0.339 e. The van der Waals surface area contributed by atoms with Crippen LogP contribution in [0, 0.1) is 0 Å². The van der Waals surface area contributed by atoms with E-state index < -0.39 is 0 Å². The zero-order valence-corrected chi connectivity index (χ0v) is 14.7. The summed E-state index contributed by atoms with van der Waals surface area (Å²) in [4.78, 5) is 29.6. The van der Waals surface area contributed by atoms with Gasteiger partial charge in [-0.2, -0.15) is 0 Å². The number of nitrogens with zero attached hydrogens (tertiary/aromatic N) is 3. The van der Waals surface area contributed by atoms with Gasteiger partial charge in [0.05, 0.1) is 6.04 Å². The highest BCUT2D eigenvalue weighted by molar-refractivity contribution is 6.30. The molecule has 1 aromatic carbocycles. The van der Waals surface area contributed by atoms with Crippen LogP contribution in [-0.4, -0.2) is 65.8 Å². The molecule has 1 heterocycles. The number of carbonyl (C=O) groups excluding carboxylic acids is 2. The molecule has 2 amide bonds. The van der Waals surface area contributed by atoms with Crippen LogP contribution in [0.1, 0.15) is 19.4 Å². The first-order chi connectivity index (χ1) is 10.9. The molecule has 2 rings (SSSR count). The van der Waals surface area contributed by atoms with E-state index in [1.54, 1.807) is 11.8 Å². The molecule has 0 spiro atoms. The number of piperazine rings is 1. The molecule has 0 aromatic heterocycles. The van der Waals surface area contributed by atoms with Crippen molar-refractivity contribution in [2.75, 3.05) is 33.2 Å². The average Bonchev–Trinajstić information content (AvgIpc) is 2.55. The summed E-state index contributed by atoms with van der Waals surface area (Å²) in [6.45, 7) is 6.64. The molecule has 0 aliphatic carbocycles. The standard InChI is InChI=1S/C17H24ClN3O2/c1-13(19(3)12-15-4-6-16(18)7-5-15)17(23)21-10-8-20(9-11-21)14(2)22/h4-7,13H,8-12H2,1-3H3. The van der Waals surface area contributed by atoms with E-state index in [1.807, 2.05) is 48.0 Å². The van der Waals surface area contributed by atoms with E-state index in [1.165, 1.54) is 0 Å². The summed E-state index contributed by atoms with van der Waals surface area (Å²) < 4.78 is 0.